The van der Waals surface area contributed by atoms with Crippen LogP contribution in [0.3, 0.4) is 0 Å². The number of ether oxygens (including phenoxy) is 1. The highest BCUT2D eigenvalue weighted by atomic mass is 16.5. The number of carbonyl (C=O) groups is 1. The summed E-state index contributed by atoms with van der Waals surface area (Å²) in [5, 5.41) is 6.53. The minimum Gasteiger partial charge on any atom is -0.482 e. The molecule has 0 bridgehead atoms. The molecule has 0 saturated heterocycles. The van der Waals surface area contributed by atoms with Crippen LogP contribution in [0.1, 0.15) is 44.7 Å². The predicted molar refractivity (Wildman–Crippen MR) is 78.9 cm³/mol. The van der Waals surface area contributed by atoms with Crippen LogP contribution in [-0.2, 0) is 4.79 Å². The van der Waals surface area contributed by atoms with E-state index in [9.17, 15) is 4.79 Å². The van der Waals surface area contributed by atoms with Gasteiger partial charge in [0.15, 0.2) is 6.61 Å². The Labute approximate surface area is 119 Å². The van der Waals surface area contributed by atoms with Crippen LogP contribution in [0.5, 0.6) is 5.75 Å². The van der Waals surface area contributed by atoms with Crippen LogP contribution < -0.4 is 15.4 Å². The van der Waals surface area contributed by atoms with Crippen molar-refractivity contribution in [2.45, 2.75) is 45.2 Å². The van der Waals surface area contributed by atoms with E-state index in [1.165, 1.54) is 24.8 Å². The molecule has 108 valence electrons. The Kier molecular flexibility index (Phi) is 3.66. The Balaban J connectivity index is 1.65. The Morgan fingerprint density at radius 2 is 2.35 bits per heavy atom. The van der Waals surface area contributed by atoms with Gasteiger partial charge in [0.25, 0.3) is 5.91 Å². The Morgan fingerprint density at radius 1 is 1.50 bits per heavy atom. The molecule has 20 heavy (non-hydrogen) atoms. The second-order valence-electron chi connectivity index (χ2n) is 5.87. The number of hydrogen-bond donors (Lipinski definition) is 2. The molecular weight excluding hydrogens is 252 g/mol. The first-order chi connectivity index (χ1) is 9.67. The highest BCUT2D eigenvalue weighted by Crippen LogP contribution is 2.37. The lowest BCUT2D eigenvalue weighted by Crippen LogP contribution is -2.26. The van der Waals surface area contributed by atoms with Gasteiger partial charge in [0, 0.05) is 12.1 Å². The van der Waals surface area contributed by atoms with Gasteiger partial charge < -0.3 is 15.4 Å². The Morgan fingerprint density at radius 3 is 3.15 bits per heavy atom. The lowest BCUT2D eigenvalue weighted by atomic mass is 10.1. The molecule has 0 radical (unpaired) electrons. The van der Waals surface area contributed by atoms with E-state index in [1.54, 1.807) is 0 Å². The summed E-state index contributed by atoms with van der Waals surface area (Å²) in [5.41, 5.74) is 1.98. The van der Waals surface area contributed by atoms with Crippen molar-refractivity contribution in [2.75, 3.05) is 11.9 Å². The van der Waals surface area contributed by atoms with Gasteiger partial charge >= 0.3 is 0 Å². The maximum Gasteiger partial charge on any atom is 0.262 e. The van der Waals surface area contributed by atoms with Crippen molar-refractivity contribution < 1.29 is 9.53 Å². The predicted octanol–water partition coefficient (Wildman–Crippen LogP) is 2.86. The minimum absolute atomic E-state index is 0.0829. The van der Waals surface area contributed by atoms with Crippen molar-refractivity contribution in [3.63, 3.8) is 0 Å². The fourth-order valence-electron chi connectivity index (χ4n) is 2.93. The SMILES string of the molecule is CCCC1CC1NC(C)c1ccc2c(c1)NC(=O)CO2. The van der Waals surface area contributed by atoms with Crippen LogP contribution in [-0.4, -0.2) is 18.6 Å². The number of hydrogen-bond acceptors (Lipinski definition) is 3. The smallest absolute Gasteiger partial charge is 0.262 e. The van der Waals surface area contributed by atoms with Crippen molar-refractivity contribution in [2.24, 2.45) is 5.92 Å². The molecule has 4 heteroatoms. The molecule has 4 nitrogen and oxygen atoms in total. The number of fused-ring (bicyclic) bond motifs is 1. The second-order valence-corrected chi connectivity index (χ2v) is 5.87. The van der Waals surface area contributed by atoms with Gasteiger partial charge in [0.05, 0.1) is 5.69 Å². The first-order valence-corrected chi connectivity index (χ1v) is 7.50. The summed E-state index contributed by atoms with van der Waals surface area (Å²) < 4.78 is 5.38. The number of benzene rings is 1. The van der Waals surface area contributed by atoms with E-state index >= 15 is 0 Å². The van der Waals surface area contributed by atoms with E-state index in [2.05, 4.69) is 30.5 Å². The molecule has 1 heterocycles. The van der Waals surface area contributed by atoms with Crippen molar-refractivity contribution in [3.8, 4) is 5.75 Å². The van der Waals surface area contributed by atoms with Crippen molar-refractivity contribution >= 4 is 11.6 Å². The third-order valence-electron chi connectivity index (χ3n) is 4.18. The maximum absolute atomic E-state index is 11.4. The molecule has 1 aliphatic carbocycles. The summed E-state index contributed by atoms with van der Waals surface area (Å²) in [6, 6.07) is 6.99. The van der Waals surface area contributed by atoms with Crippen LogP contribution >= 0.6 is 0 Å². The van der Waals surface area contributed by atoms with Gasteiger partial charge in [-0.2, -0.15) is 0 Å². The van der Waals surface area contributed by atoms with E-state index in [0.29, 0.717) is 12.1 Å². The fraction of sp³-hybridized carbons (Fsp3) is 0.562. The van der Waals surface area contributed by atoms with Gasteiger partial charge in [-0.15, -0.1) is 0 Å². The van der Waals surface area contributed by atoms with E-state index < -0.39 is 0 Å². The zero-order valence-electron chi connectivity index (χ0n) is 12.1. The summed E-state index contributed by atoms with van der Waals surface area (Å²) >= 11 is 0. The molecule has 2 N–H and O–H groups in total. The average molecular weight is 274 g/mol. The van der Waals surface area contributed by atoms with Crippen LogP contribution in [0.4, 0.5) is 5.69 Å². The van der Waals surface area contributed by atoms with Gasteiger partial charge in [-0.05, 0) is 43.4 Å². The number of nitrogens with one attached hydrogen (secondary N) is 2. The third kappa shape index (κ3) is 2.80. The van der Waals surface area contributed by atoms with Crippen LogP contribution in [0.2, 0.25) is 0 Å². The summed E-state index contributed by atoms with van der Waals surface area (Å²) in [4.78, 5) is 11.4. The van der Waals surface area contributed by atoms with E-state index in [-0.39, 0.29) is 12.5 Å². The van der Waals surface area contributed by atoms with E-state index in [0.717, 1.165) is 17.4 Å². The quantitative estimate of drug-likeness (QED) is 0.868. The summed E-state index contributed by atoms with van der Waals surface area (Å²) in [5.74, 6) is 1.53. The highest BCUT2D eigenvalue weighted by molar-refractivity contribution is 5.95. The molecule has 1 saturated carbocycles. The molecular formula is C16H22N2O2. The van der Waals surface area contributed by atoms with E-state index in [1.807, 2.05) is 12.1 Å². The Bertz CT molecular complexity index is 515. The monoisotopic (exact) mass is 274 g/mol. The zero-order valence-corrected chi connectivity index (χ0v) is 12.1. The summed E-state index contributed by atoms with van der Waals surface area (Å²) in [7, 11) is 0. The average Bonchev–Trinajstić information content (AvgIpc) is 3.16. The number of rotatable bonds is 5. The molecule has 2 aliphatic rings. The van der Waals surface area contributed by atoms with Crippen LogP contribution in [0, 0.1) is 5.92 Å². The van der Waals surface area contributed by atoms with Crippen molar-refractivity contribution in [1.82, 2.24) is 5.32 Å². The maximum atomic E-state index is 11.4. The topological polar surface area (TPSA) is 50.4 Å². The first kappa shape index (κ1) is 13.4. The minimum atomic E-state index is -0.0829. The van der Waals surface area contributed by atoms with Gasteiger partial charge in [-0.3, -0.25) is 4.79 Å². The van der Waals surface area contributed by atoms with Crippen LogP contribution in [0.25, 0.3) is 0 Å². The molecule has 3 rings (SSSR count). The number of amides is 1. The second kappa shape index (κ2) is 5.44. The molecule has 1 aromatic carbocycles. The summed E-state index contributed by atoms with van der Waals surface area (Å²) in [6.07, 6.45) is 3.88. The van der Waals surface area contributed by atoms with Crippen molar-refractivity contribution in [3.05, 3.63) is 23.8 Å². The van der Waals surface area contributed by atoms with Crippen LogP contribution in [0.15, 0.2) is 18.2 Å². The molecule has 1 amide bonds. The molecule has 1 fully saturated rings. The molecule has 0 aromatic heterocycles. The third-order valence-corrected chi connectivity index (χ3v) is 4.18. The van der Waals surface area contributed by atoms with E-state index in [4.69, 9.17) is 4.74 Å². The Hall–Kier alpha value is -1.55. The van der Waals surface area contributed by atoms with Gasteiger partial charge in [-0.25, -0.2) is 0 Å². The molecule has 0 spiro atoms. The summed E-state index contributed by atoms with van der Waals surface area (Å²) in [6.45, 7) is 4.53. The molecule has 1 aromatic rings. The lowest BCUT2D eigenvalue weighted by molar-refractivity contribution is -0.118. The standard InChI is InChI=1S/C16H22N2O2/c1-3-4-12-8-13(12)17-10(2)11-5-6-15-14(7-11)18-16(19)9-20-15/h5-7,10,12-13,17H,3-4,8-9H2,1-2H3,(H,18,19). The highest BCUT2D eigenvalue weighted by Gasteiger charge is 2.36. The number of carbonyl (C=O) groups excluding carboxylic acids is 1. The van der Waals surface area contributed by atoms with Gasteiger partial charge in [-0.1, -0.05) is 19.4 Å². The normalized spacial score (nSPS) is 25.4. The fourth-order valence-corrected chi connectivity index (χ4v) is 2.93. The number of anilines is 1. The van der Waals surface area contributed by atoms with Gasteiger partial charge in [0.2, 0.25) is 0 Å². The largest absolute Gasteiger partial charge is 0.482 e. The van der Waals surface area contributed by atoms with Gasteiger partial charge in [0.1, 0.15) is 5.75 Å². The molecule has 1 aliphatic heterocycles. The zero-order chi connectivity index (χ0) is 14.1. The lowest BCUT2D eigenvalue weighted by Gasteiger charge is -2.21. The first-order valence-electron chi connectivity index (χ1n) is 7.50. The van der Waals surface area contributed by atoms with Crippen molar-refractivity contribution in [1.29, 1.82) is 0 Å². The molecule has 3 atom stereocenters. The molecule has 3 unspecified atom stereocenters.